The van der Waals surface area contributed by atoms with Crippen LogP contribution in [0.4, 0.5) is 5.82 Å². The molecule has 0 saturated carbocycles. The Labute approximate surface area is 193 Å². The van der Waals surface area contributed by atoms with Gasteiger partial charge < -0.3 is 11.1 Å². The molecule has 164 valence electrons. The Morgan fingerprint density at radius 2 is 1.94 bits per heavy atom. The lowest BCUT2D eigenvalue weighted by Gasteiger charge is -2.14. The highest BCUT2D eigenvalue weighted by atomic mass is 14.9. The molecular formula is C27H26N6. The molecule has 0 fully saturated rings. The minimum absolute atomic E-state index is 0.533. The van der Waals surface area contributed by atoms with E-state index in [1.165, 1.54) is 0 Å². The molecule has 6 heteroatoms. The van der Waals surface area contributed by atoms with E-state index in [4.69, 9.17) is 5.73 Å². The molecule has 0 spiro atoms. The SMILES string of the molecule is C=C(NCc1c(C)cc(N)nc1C)c1ccnc(Cc2cc(C#N)c3ncc(C)cc3c2)c1. The van der Waals surface area contributed by atoms with Gasteiger partial charge in [0, 0.05) is 53.4 Å². The van der Waals surface area contributed by atoms with Crippen LogP contribution in [0.2, 0.25) is 0 Å². The van der Waals surface area contributed by atoms with Crippen molar-refractivity contribution in [1.82, 2.24) is 20.3 Å². The number of aryl methyl sites for hydroxylation is 3. The van der Waals surface area contributed by atoms with Gasteiger partial charge in [-0.05, 0) is 79.4 Å². The van der Waals surface area contributed by atoms with Crippen molar-refractivity contribution in [2.24, 2.45) is 0 Å². The molecule has 3 N–H and O–H groups in total. The fourth-order valence-corrected chi connectivity index (χ4v) is 4.03. The number of nitrogens with zero attached hydrogens (tertiary/aromatic N) is 4. The van der Waals surface area contributed by atoms with Gasteiger partial charge in [0.1, 0.15) is 11.9 Å². The Hall–Kier alpha value is -4.24. The van der Waals surface area contributed by atoms with Gasteiger partial charge >= 0.3 is 0 Å². The number of aromatic nitrogens is 3. The van der Waals surface area contributed by atoms with Crippen LogP contribution in [0.5, 0.6) is 0 Å². The van der Waals surface area contributed by atoms with E-state index in [0.29, 0.717) is 24.3 Å². The fourth-order valence-electron chi connectivity index (χ4n) is 4.03. The maximum Gasteiger partial charge on any atom is 0.123 e. The van der Waals surface area contributed by atoms with Gasteiger partial charge in [0.2, 0.25) is 0 Å². The summed E-state index contributed by atoms with van der Waals surface area (Å²) in [7, 11) is 0. The number of fused-ring (bicyclic) bond motifs is 1. The lowest BCUT2D eigenvalue weighted by molar-refractivity contribution is 0.861. The summed E-state index contributed by atoms with van der Waals surface area (Å²) in [5.74, 6) is 0.533. The molecule has 0 atom stereocenters. The van der Waals surface area contributed by atoms with E-state index in [9.17, 15) is 5.26 Å². The van der Waals surface area contributed by atoms with Crippen LogP contribution in [0.1, 0.15) is 44.8 Å². The molecule has 4 aromatic rings. The zero-order valence-corrected chi connectivity index (χ0v) is 19.1. The van der Waals surface area contributed by atoms with Crippen LogP contribution in [0.15, 0.2) is 55.4 Å². The molecule has 4 rings (SSSR count). The number of benzene rings is 1. The van der Waals surface area contributed by atoms with Crippen LogP contribution in [-0.2, 0) is 13.0 Å². The second-order valence-corrected chi connectivity index (χ2v) is 8.31. The zero-order chi connectivity index (χ0) is 23.5. The van der Waals surface area contributed by atoms with E-state index in [1.807, 2.05) is 45.0 Å². The number of nitrogens with two attached hydrogens (primary N) is 1. The molecule has 3 aromatic heterocycles. The van der Waals surface area contributed by atoms with Gasteiger partial charge in [-0.2, -0.15) is 5.26 Å². The van der Waals surface area contributed by atoms with E-state index in [-0.39, 0.29) is 0 Å². The molecule has 0 saturated heterocycles. The summed E-state index contributed by atoms with van der Waals surface area (Å²) in [6.45, 7) is 10.8. The molecule has 33 heavy (non-hydrogen) atoms. The van der Waals surface area contributed by atoms with Crippen LogP contribution < -0.4 is 11.1 Å². The van der Waals surface area contributed by atoms with Gasteiger partial charge in [-0.1, -0.05) is 6.58 Å². The predicted octanol–water partition coefficient (Wildman–Crippen LogP) is 4.76. The summed E-state index contributed by atoms with van der Waals surface area (Å²) in [4.78, 5) is 13.3. The van der Waals surface area contributed by atoms with Crippen LogP contribution in [0.3, 0.4) is 0 Å². The first-order valence-corrected chi connectivity index (χ1v) is 10.7. The molecule has 0 aliphatic rings. The van der Waals surface area contributed by atoms with E-state index in [0.717, 1.165) is 55.8 Å². The van der Waals surface area contributed by atoms with Gasteiger partial charge in [0.05, 0.1) is 11.1 Å². The average molecular weight is 435 g/mol. The molecule has 0 unspecified atom stereocenters. The third-order valence-electron chi connectivity index (χ3n) is 5.70. The van der Waals surface area contributed by atoms with E-state index >= 15 is 0 Å². The molecule has 0 aliphatic carbocycles. The van der Waals surface area contributed by atoms with Crippen molar-refractivity contribution in [2.45, 2.75) is 33.7 Å². The highest BCUT2D eigenvalue weighted by Crippen LogP contribution is 2.22. The summed E-state index contributed by atoms with van der Waals surface area (Å²) >= 11 is 0. The Morgan fingerprint density at radius 3 is 2.70 bits per heavy atom. The van der Waals surface area contributed by atoms with Crippen molar-refractivity contribution >= 4 is 22.4 Å². The second kappa shape index (κ2) is 9.09. The molecular weight excluding hydrogens is 408 g/mol. The smallest absolute Gasteiger partial charge is 0.123 e. The van der Waals surface area contributed by atoms with Crippen LogP contribution in [0, 0.1) is 32.1 Å². The van der Waals surface area contributed by atoms with Crippen LogP contribution >= 0.6 is 0 Å². The standard InChI is InChI=1S/C27H26N6/c1-16-7-22-9-20(10-23(13-28)27(22)32-14-16)11-24-12-21(5-6-30-24)18(3)31-15-25-17(2)8-26(29)33-19(25)4/h5-10,12,14,31H,3,11,15H2,1-2,4H3,(H2,29,33). The monoisotopic (exact) mass is 434 g/mol. The molecule has 0 aliphatic heterocycles. The summed E-state index contributed by atoms with van der Waals surface area (Å²) in [6, 6.07) is 14.1. The highest BCUT2D eigenvalue weighted by Gasteiger charge is 2.10. The average Bonchev–Trinajstić information content (AvgIpc) is 2.77. The summed E-state index contributed by atoms with van der Waals surface area (Å²) in [5.41, 5.74) is 15.0. The first-order valence-electron chi connectivity index (χ1n) is 10.7. The van der Waals surface area contributed by atoms with Crippen LogP contribution in [0.25, 0.3) is 16.6 Å². The predicted molar refractivity (Wildman–Crippen MR) is 132 cm³/mol. The van der Waals surface area contributed by atoms with Crippen molar-refractivity contribution in [2.75, 3.05) is 5.73 Å². The number of nitrogens with one attached hydrogen (secondary N) is 1. The van der Waals surface area contributed by atoms with Crippen molar-refractivity contribution < 1.29 is 0 Å². The number of anilines is 1. The first-order chi connectivity index (χ1) is 15.8. The van der Waals surface area contributed by atoms with Gasteiger partial charge in [-0.25, -0.2) is 4.98 Å². The van der Waals surface area contributed by atoms with Crippen molar-refractivity contribution in [3.05, 3.63) is 100 Å². The van der Waals surface area contributed by atoms with Crippen molar-refractivity contribution in [3.63, 3.8) is 0 Å². The maximum absolute atomic E-state index is 9.58. The van der Waals surface area contributed by atoms with Gasteiger partial charge in [-0.3, -0.25) is 9.97 Å². The quantitative estimate of drug-likeness (QED) is 0.454. The molecule has 3 heterocycles. The number of nitrogen functional groups attached to an aromatic ring is 1. The van der Waals surface area contributed by atoms with Gasteiger partial charge in [0.25, 0.3) is 0 Å². The number of hydrogen-bond acceptors (Lipinski definition) is 6. The summed E-state index contributed by atoms with van der Waals surface area (Å²) in [5, 5.41) is 14.0. The Kier molecular flexibility index (Phi) is 6.05. The zero-order valence-electron chi connectivity index (χ0n) is 19.1. The third kappa shape index (κ3) is 4.83. The normalized spacial score (nSPS) is 10.7. The third-order valence-corrected chi connectivity index (χ3v) is 5.70. The Bertz CT molecular complexity index is 1390. The lowest BCUT2D eigenvalue weighted by Crippen LogP contribution is -2.14. The minimum Gasteiger partial charge on any atom is -0.384 e. The summed E-state index contributed by atoms with van der Waals surface area (Å²) in [6.07, 6.45) is 4.19. The molecule has 6 nitrogen and oxygen atoms in total. The number of nitriles is 1. The largest absolute Gasteiger partial charge is 0.384 e. The highest BCUT2D eigenvalue weighted by molar-refractivity contribution is 5.85. The van der Waals surface area contributed by atoms with Gasteiger partial charge in [-0.15, -0.1) is 0 Å². The topological polar surface area (TPSA) is 101 Å². The lowest BCUT2D eigenvalue weighted by atomic mass is 10.0. The van der Waals surface area contributed by atoms with Crippen molar-refractivity contribution in [3.8, 4) is 6.07 Å². The number of pyridine rings is 3. The Morgan fingerprint density at radius 1 is 1.12 bits per heavy atom. The van der Waals surface area contributed by atoms with E-state index in [1.54, 1.807) is 12.4 Å². The number of hydrogen-bond donors (Lipinski definition) is 2. The molecule has 0 bridgehead atoms. The first kappa shape index (κ1) is 22.0. The summed E-state index contributed by atoms with van der Waals surface area (Å²) < 4.78 is 0. The Balaban J connectivity index is 1.54. The van der Waals surface area contributed by atoms with E-state index in [2.05, 4.69) is 45.0 Å². The molecule has 0 radical (unpaired) electrons. The van der Waals surface area contributed by atoms with Crippen molar-refractivity contribution in [1.29, 1.82) is 5.26 Å². The maximum atomic E-state index is 9.58. The minimum atomic E-state index is 0.533. The van der Waals surface area contributed by atoms with Crippen LogP contribution in [-0.4, -0.2) is 15.0 Å². The second-order valence-electron chi connectivity index (χ2n) is 8.31. The number of rotatable bonds is 6. The van der Waals surface area contributed by atoms with Gasteiger partial charge in [0.15, 0.2) is 0 Å². The van der Waals surface area contributed by atoms with E-state index < -0.39 is 0 Å². The molecule has 1 aromatic carbocycles. The fraction of sp³-hybridized carbons (Fsp3) is 0.185. The molecule has 0 amide bonds.